The standard InChI is InChI=1S/C13H14N4O2S/c1-17-7-9(6-15-17)13(18)16-10-3-2-4-11(5-10)19-8-12(14)20/h2-7H,8H2,1H3,(H2,14,20)(H,16,18). The molecule has 0 aliphatic rings. The highest BCUT2D eigenvalue weighted by molar-refractivity contribution is 7.80. The summed E-state index contributed by atoms with van der Waals surface area (Å²) in [5.74, 6) is 0.353. The normalized spacial score (nSPS) is 10.1. The van der Waals surface area contributed by atoms with Crippen molar-refractivity contribution in [3.8, 4) is 5.75 Å². The highest BCUT2D eigenvalue weighted by atomic mass is 32.1. The van der Waals surface area contributed by atoms with Crippen LogP contribution in [0, 0.1) is 0 Å². The second kappa shape index (κ2) is 6.16. The summed E-state index contributed by atoms with van der Waals surface area (Å²) in [7, 11) is 1.75. The summed E-state index contributed by atoms with van der Waals surface area (Å²) in [6, 6.07) is 7.00. The zero-order chi connectivity index (χ0) is 14.5. The van der Waals surface area contributed by atoms with E-state index in [0.29, 0.717) is 17.0 Å². The number of anilines is 1. The van der Waals surface area contributed by atoms with Crippen molar-refractivity contribution in [3.63, 3.8) is 0 Å². The Labute approximate surface area is 121 Å². The summed E-state index contributed by atoms with van der Waals surface area (Å²) in [5.41, 5.74) is 6.48. The minimum Gasteiger partial charge on any atom is -0.486 e. The second-order valence-electron chi connectivity index (χ2n) is 4.14. The molecule has 0 fully saturated rings. The molecule has 0 unspecified atom stereocenters. The van der Waals surface area contributed by atoms with Crippen LogP contribution in [-0.4, -0.2) is 27.3 Å². The monoisotopic (exact) mass is 290 g/mol. The molecule has 0 saturated heterocycles. The Bertz CT molecular complexity index is 639. The van der Waals surface area contributed by atoms with Gasteiger partial charge in [-0.25, -0.2) is 0 Å². The van der Waals surface area contributed by atoms with Crippen LogP contribution in [0.25, 0.3) is 0 Å². The number of nitrogens with two attached hydrogens (primary N) is 1. The maximum absolute atomic E-state index is 12.0. The molecule has 7 heteroatoms. The third-order valence-corrected chi connectivity index (χ3v) is 2.56. The number of hydrogen-bond donors (Lipinski definition) is 2. The van der Waals surface area contributed by atoms with Crippen molar-refractivity contribution in [1.82, 2.24) is 9.78 Å². The van der Waals surface area contributed by atoms with Gasteiger partial charge in [0.25, 0.3) is 5.91 Å². The van der Waals surface area contributed by atoms with E-state index in [1.165, 1.54) is 6.20 Å². The predicted molar refractivity (Wildman–Crippen MR) is 79.9 cm³/mol. The number of amides is 1. The Kier molecular flexibility index (Phi) is 4.31. The van der Waals surface area contributed by atoms with Crippen LogP contribution in [0.4, 0.5) is 5.69 Å². The average Bonchev–Trinajstić information content (AvgIpc) is 2.84. The fourth-order valence-electron chi connectivity index (χ4n) is 1.56. The average molecular weight is 290 g/mol. The van der Waals surface area contributed by atoms with Gasteiger partial charge in [0.1, 0.15) is 17.3 Å². The highest BCUT2D eigenvalue weighted by Gasteiger charge is 2.08. The lowest BCUT2D eigenvalue weighted by Crippen LogP contribution is -2.18. The summed E-state index contributed by atoms with van der Waals surface area (Å²) in [6.45, 7) is 0.162. The van der Waals surface area contributed by atoms with Gasteiger partial charge in [-0.3, -0.25) is 9.48 Å². The molecule has 1 heterocycles. The first-order valence-corrected chi connectivity index (χ1v) is 6.26. The first-order valence-electron chi connectivity index (χ1n) is 5.86. The molecule has 1 aromatic carbocycles. The zero-order valence-corrected chi connectivity index (χ0v) is 11.7. The molecule has 0 aliphatic carbocycles. The van der Waals surface area contributed by atoms with Crippen LogP contribution in [0.2, 0.25) is 0 Å². The number of rotatable bonds is 5. The molecule has 0 radical (unpaired) electrons. The fourth-order valence-corrected chi connectivity index (χ4v) is 1.62. The fraction of sp³-hybridized carbons (Fsp3) is 0.154. The van der Waals surface area contributed by atoms with Crippen molar-refractivity contribution in [1.29, 1.82) is 0 Å². The van der Waals surface area contributed by atoms with Crippen LogP contribution in [0.15, 0.2) is 36.7 Å². The molecule has 0 atom stereocenters. The lowest BCUT2D eigenvalue weighted by molar-refractivity contribution is 0.102. The molecule has 1 amide bonds. The van der Waals surface area contributed by atoms with Gasteiger partial charge in [0.2, 0.25) is 0 Å². The van der Waals surface area contributed by atoms with Crippen LogP contribution >= 0.6 is 12.2 Å². The quantitative estimate of drug-likeness (QED) is 0.812. The molecule has 0 spiro atoms. The lowest BCUT2D eigenvalue weighted by atomic mass is 10.2. The number of ether oxygens (including phenoxy) is 1. The van der Waals surface area contributed by atoms with Gasteiger partial charge < -0.3 is 15.8 Å². The summed E-state index contributed by atoms with van der Waals surface area (Å²) >= 11 is 4.74. The van der Waals surface area contributed by atoms with Crippen molar-refractivity contribution >= 4 is 28.8 Å². The molecule has 0 aliphatic heterocycles. The largest absolute Gasteiger partial charge is 0.486 e. The smallest absolute Gasteiger partial charge is 0.258 e. The number of thiocarbonyl (C=S) groups is 1. The number of carbonyl (C=O) groups excluding carboxylic acids is 1. The molecule has 0 saturated carbocycles. The third-order valence-electron chi connectivity index (χ3n) is 2.44. The molecule has 3 N–H and O–H groups in total. The summed E-state index contributed by atoms with van der Waals surface area (Å²) in [4.78, 5) is 12.2. The maximum atomic E-state index is 12.0. The van der Waals surface area contributed by atoms with E-state index in [4.69, 9.17) is 22.7 Å². The van der Waals surface area contributed by atoms with Gasteiger partial charge in [-0.05, 0) is 12.1 Å². The summed E-state index contributed by atoms with van der Waals surface area (Å²) in [6.07, 6.45) is 3.14. The predicted octanol–water partition coefficient (Wildman–Crippen LogP) is 1.34. The molecular formula is C13H14N4O2S. The Morgan fingerprint density at radius 3 is 3.00 bits per heavy atom. The van der Waals surface area contributed by atoms with Crippen molar-refractivity contribution in [2.45, 2.75) is 0 Å². The molecule has 20 heavy (non-hydrogen) atoms. The van der Waals surface area contributed by atoms with E-state index in [9.17, 15) is 4.79 Å². The Morgan fingerprint density at radius 1 is 1.55 bits per heavy atom. The van der Waals surface area contributed by atoms with Crippen molar-refractivity contribution in [3.05, 3.63) is 42.2 Å². The van der Waals surface area contributed by atoms with Crippen LogP contribution in [0.1, 0.15) is 10.4 Å². The van der Waals surface area contributed by atoms with E-state index in [1.54, 1.807) is 42.2 Å². The molecule has 0 bridgehead atoms. The SMILES string of the molecule is Cn1cc(C(=O)Nc2cccc(OCC(N)=S)c2)cn1. The molecule has 6 nitrogen and oxygen atoms in total. The van der Waals surface area contributed by atoms with Gasteiger partial charge in [-0.2, -0.15) is 5.10 Å². The van der Waals surface area contributed by atoms with Crippen LogP contribution in [-0.2, 0) is 7.05 Å². The van der Waals surface area contributed by atoms with Gasteiger partial charge in [-0.1, -0.05) is 18.3 Å². The number of nitrogens with zero attached hydrogens (tertiary/aromatic N) is 2. The van der Waals surface area contributed by atoms with E-state index in [0.717, 1.165) is 0 Å². The number of aryl methyl sites for hydroxylation is 1. The molecule has 1 aromatic heterocycles. The lowest BCUT2D eigenvalue weighted by Gasteiger charge is -2.08. The van der Waals surface area contributed by atoms with Crippen LogP contribution in [0.5, 0.6) is 5.75 Å². The number of nitrogens with one attached hydrogen (secondary N) is 1. The van der Waals surface area contributed by atoms with Crippen LogP contribution in [0.3, 0.4) is 0 Å². The summed E-state index contributed by atoms with van der Waals surface area (Å²) in [5, 5.41) is 6.71. The number of aromatic nitrogens is 2. The topological polar surface area (TPSA) is 82.2 Å². The second-order valence-corrected chi connectivity index (χ2v) is 4.66. The highest BCUT2D eigenvalue weighted by Crippen LogP contribution is 2.18. The van der Waals surface area contributed by atoms with Gasteiger partial charge in [-0.15, -0.1) is 0 Å². The first kappa shape index (κ1) is 14.0. The first-order chi connectivity index (χ1) is 9.54. The van der Waals surface area contributed by atoms with E-state index >= 15 is 0 Å². The minimum atomic E-state index is -0.232. The third kappa shape index (κ3) is 3.79. The molecule has 2 rings (SSSR count). The van der Waals surface area contributed by atoms with Crippen LogP contribution < -0.4 is 15.8 Å². The molecule has 2 aromatic rings. The Hall–Kier alpha value is -2.41. The minimum absolute atomic E-state index is 0.162. The van der Waals surface area contributed by atoms with E-state index < -0.39 is 0 Å². The van der Waals surface area contributed by atoms with E-state index in [2.05, 4.69) is 10.4 Å². The molecular weight excluding hydrogens is 276 g/mol. The van der Waals surface area contributed by atoms with E-state index in [-0.39, 0.29) is 17.5 Å². The van der Waals surface area contributed by atoms with Gasteiger partial charge in [0.15, 0.2) is 0 Å². The Morgan fingerprint density at radius 2 is 2.35 bits per heavy atom. The van der Waals surface area contributed by atoms with E-state index in [1.807, 2.05) is 0 Å². The number of hydrogen-bond acceptors (Lipinski definition) is 4. The number of benzene rings is 1. The van der Waals surface area contributed by atoms with Crippen molar-refractivity contribution in [2.24, 2.45) is 12.8 Å². The number of carbonyl (C=O) groups is 1. The van der Waals surface area contributed by atoms with Gasteiger partial charge in [0.05, 0.1) is 11.8 Å². The van der Waals surface area contributed by atoms with Gasteiger partial charge in [0, 0.05) is 25.0 Å². The van der Waals surface area contributed by atoms with Crippen molar-refractivity contribution in [2.75, 3.05) is 11.9 Å². The Balaban J connectivity index is 2.04. The van der Waals surface area contributed by atoms with Crippen molar-refractivity contribution < 1.29 is 9.53 Å². The van der Waals surface area contributed by atoms with Gasteiger partial charge >= 0.3 is 0 Å². The summed E-state index contributed by atoms with van der Waals surface area (Å²) < 4.78 is 6.93. The molecule has 104 valence electrons. The zero-order valence-electron chi connectivity index (χ0n) is 10.9. The maximum Gasteiger partial charge on any atom is 0.258 e.